The van der Waals surface area contributed by atoms with E-state index < -0.39 is 0 Å². The second kappa shape index (κ2) is 5.39. The van der Waals surface area contributed by atoms with Crippen LogP contribution >= 0.6 is 23.2 Å². The first-order chi connectivity index (χ1) is 8.86. The maximum absolute atomic E-state index is 6.08. The van der Waals surface area contributed by atoms with Crippen LogP contribution in [0.15, 0.2) is 24.4 Å². The number of halogens is 2. The van der Waals surface area contributed by atoms with Crippen LogP contribution in [-0.4, -0.2) is 15.0 Å². The lowest BCUT2D eigenvalue weighted by molar-refractivity contribution is 0.347. The van der Waals surface area contributed by atoms with Crippen molar-refractivity contribution in [2.75, 3.05) is 5.32 Å². The van der Waals surface area contributed by atoms with Crippen molar-refractivity contribution in [3.8, 4) is 0 Å². The van der Waals surface area contributed by atoms with E-state index in [0.29, 0.717) is 16.6 Å². The van der Waals surface area contributed by atoms with Crippen molar-refractivity contribution in [2.45, 2.75) is 32.9 Å². The topological polar surface area (TPSA) is 42.7 Å². The number of hydrogen-bond acceptors (Lipinski definition) is 3. The minimum atomic E-state index is -0.0705. The van der Waals surface area contributed by atoms with Gasteiger partial charge in [0.25, 0.3) is 0 Å². The third kappa shape index (κ3) is 3.61. The van der Waals surface area contributed by atoms with Crippen LogP contribution in [-0.2, 0) is 12.1 Å². The van der Waals surface area contributed by atoms with E-state index in [1.54, 1.807) is 18.2 Å². The molecule has 0 fully saturated rings. The SMILES string of the molecule is CC(C)(C)n1cc(CNc2cc(Cl)ccc2Cl)nn1. The fourth-order valence-electron chi connectivity index (χ4n) is 1.53. The Morgan fingerprint density at radius 3 is 2.63 bits per heavy atom. The Balaban J connectivity index is 2.06. The summed E-state index contributed by atoms with van der Waals surface area (Å²) < 4.78 is 1.84. The van der Waals surface area contributed by atoms with Gasteiger partial charge in [0, 0.05) is 5.02 Å². The number of rotatable bonds is 3. The first-order valence-corrected chi connectivity index (χ1v) is 6.72. The molecule has 0 spiro atoms. The molecule has 0 bridgehead atoms. The quantitative estimate of drug-likeness (QED) is 0.933. The summed E-state index contributed by atoms with van der Waals surface area (Å²) in [5, 5.41) is 12.7. The molecule has 0 aliphatic carbocycles. The first-order valence-electron chi connectivity index (χ1n) is 5.97. The minimum absolute atomic E-state index is 0.0705. The molecule has 0 atom stereocenters. The van der Waals surface area contributed by atoms with E-state index in [9.17, 15) is 0 Å². The highest BCUT2D eigenvalue weighted by atomic mass is 35.5. The average molecular weight is 299 g/mol. The van der Waals surface area contributed by atoms with Gasteiger partial charge in [-0.2, -0.15) is 0 Å². The van der Waals surface area contributed by atoms with E-state index in [1.165, 1.54) is 0 Å². The maximum Gasteiger partial charge on any atom is 0.102 e. The van der Waals surface area contributed by atoms with Gasteiger partial charge in [-0.1, -0.05) is 28.4 Å². The molecule has 4 nitrogen and oxygen atoms in total. The third-order valence-electron chi connectivity index (χ3n) is 2.62. The Kier molecular flexibility index (Phi) is 4.02. The van der Waals surface area contributed by atoms with Gasteiger partial charge in [0.15, 0.2) is 0 Å². The normalized spacial score (nSPS) is 11.6. The maximum atomic E-state index is 6.08. The van der Waals surface area contributed by atoms with Crippen molar-refractivity contribution >= 4 is 28.9 Å². The van der Waals surface area contributed by atoms with Crippen molar-refractivity contribution in [3.05, 3.63) is 40.1 Å². The van der Waals surface area contributed by atoms with Crippen molar-refractivity contribution < 1.29 is 0 Å². The van der Waals surface area contributed by atoms with Crippen molar-refractivity contribution in [2.24, 2.45) is 0 Å². The number of nitrogens with one attached hydrogen (secondary N) is 1. The van der Waals surface area contributed by atoms with Gasteiger partial charge in [-0.05, 0) is 39.0 Å². The van der Waals surface area contributed by atoms with Gasteiger partial charge in [-0.3, -0.25) is 0 Å². The van der Waals surface area contributed by atoms with Crippen LogP contribution in [0.1, 0.15) is 26.5 Å². The predicted molar refractivity (Wildman–Crippen MR) is 78.8 cm³/mol. The number of hydrogen-bond donors (Lipinski definition) is 1. The Labute approximate surface area is 122 Å². The van der Waals surface area contributed by atoms with Crippen molar-refractivity contribution in [3.63, 3.8) is 0 Å². The average Bonchev–Trinajstić information content (AvgIpc) is 2.79. The largest absolute Gasteiger partial charge is 0.378 e. The van der Waals surface area contributed by atoms with Crippen molar-refractivity contribution in [1.29, 1.82) is 0 Å². The van der Waals surface area contributed by atoms with Crippen molar-refractivity contribution in [1.82, 2.24) is 15.0 Å². The summed E-state index contributed by atoms with van der Waals surface area (Å²) in [6.07, 6.45) is 1.92. The van der Waals surface area contributed by atoms with Crippen LogP contribution in [0.25, 0.3) is 0 Å². The van der Waals surface area contributed by atoms with Crippen LogP contribution in [0.2, 0.25) is 10.0 Å². The summed E-state index contributed by atoms with van der Waals surface area (Å²) in [5.74, 6) is 0. The van der Waals surface area contributed by atoms with E-state index >= 15 is 0 Å². The molecule has 102 valence electrons. The molecule has 0 aliphatic rings. The Hall–Kier alpha value is -1.26. The summed E-state index contributed by atoms with van der Waals surface area (Å²) >= 11 is 12.0. The van der Waals surface area contributed by atoms with Gasteiger partial charge >= 0.3 is 0 Å². The highest BCUT2D eigenvalue weighted by Crippen LogP contribution is 2.25. The zero-order valence-corrected chi connectivity index (χ0v) is 12.6. The second-order valence-corrected chi connectivity index (χ2v) is 6.15. The molecule has 0 aliphatic heterocycles. The molecule has 1 N–H and O–H groups in total. The molecule has 0 saturated heterocycles. The van der Waals surface area contributed by atoms with Crippen LogP contribution in [0.5, 0.6) is 0 Å². The zero-order valence-electron chi connectivity index (χ0n) is 11.1. The van der Waals surface area contributed by atoms with E-state index in [-0.39, 0.29) is 5.54 Å². The summed E-state index contributed by atoms with van der Waals surface area (Å²) in [6.45, 7) is 6.78. The Morgan fingerprint density at radius 1 is 1.26 bits per heavy atom. The van der Waals surface area contributed by atoms with E-state index in [4.69, 9.17) is 23.2 Å². The van der Waals surface area contributed by atoms with Gasteiger partial charge in [0.2, 0.25) is 0 Å². The fourth-order valence-corrected chi connectivity index (χ4v) is 1.88. The van der Waals surface area contributed by atoms with Crippen LogP contribution in [0.4, 0.5) is 5.69 Å². The number of benzene rings is 1. The van der Waals surface area contributed by atoms with E-state index in [2.05, 4.69) is 36.4 Å². The third-order valence-corrected chi connectivity index (χ3v) is 3.18. The number of nitrogens with zero attached hydrogens (tertiary/aromatic N) is 3. The van der Waals surface area contributed by atoms with Gasteiger partial charge in [-0.25, -0.2) is 4.68 Å². The molecule has 0 unspecified atom stereocenters. The molecule has 0 amide bonds. The minimum Gasteiger partial charge on any atom is -0.378 e. The summed E-state index contributed by atoms with van der Waals surface area (Å²) in [5.41, 5.74) is 1.57. The van der Waals surface area contributed by atoms with E-state index in [0.717, 1.165) is 11.4 Å². The zero-order chi connectivity index (χ0) is 14.0. The Bertz CT molecular complexity index is 572. The molecule has 0 radical (unpaired) electrons. The predicted octanol–water partition coefficient (Wildman–Crippen LogP) is 3.95. The smallest absolute Gasteiger partial charge is 0.102 e. The monoisotopic (exact) mass is 298 g/mol. The molecular weight excluding hydrogens is 283 g/mol. The molecular formula is C13H16Cl2N4. The molecule has 1 aromatic heterocycles. The Morgan fingerprint density at radius 2 is 2.00 bits per heavy atom. The lowest BCUT2D eigenvalue weighted by Gasteiger charge is -2.17. The molecule has 6 heteroatoms. The molecule has 2 aromatic rings. The van der Waals surface area contributed by atoms with Crippen LogP contribution < -0.4 is 5.32 Å². The molecule has 19 heavy (non-hydrogen) atoms. The second-order valence-electron chi connectivity index (χ2n) is 5.30. The molecule has 0 saturated carbocycles. The summed E-state index contributed by atoms with van der Waals surface area (Å²) in [7, 11) is 0. The number of aromatic nitrogens is 3. The molecule has 1 heterocycles. The molecule has 2 rings (SSSR count). The van der Waals surface area contributed by atoms with Crippen LogP contribution in [0, 0.1) is 0 Å². The fraction of sp³-hybridized carbons (Fsp3) is 0.385. The summed E-state index contributed by atoms with van der Waals surface area (Å²) in [6, 6.07) is 5.31. The lowest BCUT2D eigenvalue weighted by atomic mass is 10.1. The first kappa shape index (κ1) is 14.2. The highest BCUT2D eigenvalue weighted by Gasteiger charge is 2.14. The lowest BCUT2D eigenvalue weighted by Crippen LogP contribution is -2.22. The van der Waals surface area contributed by atoms with Gasteiger partial charge in [0.05, 0.1) is 29.0 Å². The standard InChI is InChI=1S/C13H16Cl2N4/c1-13(2,3)19-8-10(17-18-19)7-16-12-6-9(14)4-5-11(12)15/h4-6,8,16H,7H2,1-3H3. The summed E-state index contributed by atoms with van der Waals surface area (Å²) in [4.78, 5) is 0. The van der Waals surface area contributed by atoms with Gasteiger partial charge in [0.1, 0.15) is 5.69 Å². The van der Waals surface area contributed by atoms with Gasteiger partial charge < -0.3 is 5.32 Å². The van der Waals surface area contributed by atoms with E-state index in [1.807, 2.05) is 10.9 Å². The number of anilines is 1. The highest BCUT2D eigenvalue weighted by molar-refractivity contribution is 6.35. The van der Waals surface area contributed by atoms with Gasteiger partial charge in [-0.15, -0.1) is 5.10 Å². The van der Waals surface area contributed by atoms with Crippen LogP contribution in [0.3, 0.4) is 0 Å². The molecule has 1 aromatic carbocycles.